The number of benzene rings is 2. The van der Waals surface area contributed by atoms with Crippen LogP contribution in [-0.4, -0.2) is 37.4 Å². The second-order valence-electron chi connectivity index (χ2n) is 8.46. The Morgan fingerprint density at radius 2 is 1.65 bits per heavy atom. The van der Waals surface area contributed by atoms with Gasteiger partial charge in [0.15, 0.2) is 11.5 Å². The minimum atomic E-state index is -3.75. The highest BCUT2D eigenvalue weighted by Crippen LogP contribution is 2.40. The smallest absolute Gasteiger partial charge is 0.206 e. The van der Waals surface area contributed by atoms with Crippen LogP contribution in [0.3, 0.4) is 0 Å². The zero-order valence-corrected chi connectivity index (χ0v) is 19.3. The van der Waals surface area contributed by atoms with Gasteiger partial charge in [-0.15, -0.1) is 10.2 Å². The van der Waals surface area contributed by atoms with Crippen LogP contribution < -0.4 is 4.90 Å². The Hall–Kier alpha value is -3.20. The van der Waals surface area contributed by atoms with E-state index in [1.807, 2.05) is 46.8 Å². The molecule has 0 amide bonds. The molecule has 0 aliphatic heterocycles. The van der Waals surface area contributed by atoms with Crippen molar-refractivity contribution in [3.05, 3.63) is 54.2 Å². The number of phenolic OH excluding ortho intramolecular Hbond substituents is 1. The SMILES string of the molecule is CN(C)c1c(N=Nc2cc(S(=O)(=O)c3ccccc3)ccc2O)c(C(C)(C)C)nn1C. The van der Waals surface area contributed by atoms with E-state index < -0.39 is 9.84 Å². The molecule has 0 aliphatic carbocycles. The molecule has 0 radical (unpaired) electrons. The number of aromatic nitrogens is 2. The van der Waals surface area contributed by atoms with Gasteiger partial charge < -0.3 is 10.0 Å². The zero-order chi connectivity index (χ0) is 23.0. The maximum absolute atomic E-state index is 12.9. The first-order chi connectivity index (χ1) is 14.4. The quantitative estimate of drug-likeness (QED) is 0.577. The second kappa shape index (κ2) is 8.14. The molecule has 0 spiro atoms. The summed E-state index contributed by atoms with van der Waals surface area (Å²) >= 11 is 0. The normalized spacial score (nSPS) is 12.5. The number of phenols is 1. The molecule has 0 bridgehead atoms. The minimum Gasteiger partial charge on any atom is -0.506 e. The summed E-state index contributed by atoms with van der Waals surface area (Å²) in [7, 11) is 1.84. The Labute approximate surface area is 182 Å². The van der Waals surface area contributed by atoms with Gasteiger partial charge in [-0.05, 0) is 30.3 Å². The van der Waals surface area contributed by atoms with Crippen molar-refractivity contribution in [3.8, 4) is 5.75 Å². The molecule has 8 nitrogen and oxygen atoms in total. The molecule has 1 aromatic heterocycles. The predicted molar refractivity (Wildman–Crippen MR) is 120 cm³/mol. The van der Waals surface area contributed by atoms with Gasteiger partial charge in [-0.1, -0.05) is 39.0 Å². The number of sulfone groups is 1. The number of aromatic hydroxyl groups is 1. The molecule has 9 heteroatoms. The molecule has 2 aromatic carbocycles. The number of rotatable bonds is 5. The monoisotopic (exact) mass is 441 g/mol. The number of anilines is 1. The van der Waals surface area contributed by atoms with Crippen molar-refractivity contribution in [2.24, 2.45) is 17.3 Å². The molecule has 0 unspecified atom stereocenters. The third kappa shape index (κ3) is 4.46. The van der Waals surface area contributed by atoms with Crippen LogP contribution in [0, 0.1) is 0 Å². The van der Waals surface area contributed by atoms with E-state index in [9.17, 15) is 13.5 Å². The van der Waals surface area contributed by atoms with E-state index in [0.29, 0.717) is 5.69 Å². The predicted octanol–water partition coefficient (Wildman–Crippen LogP) is 4.74. The fraction of sp³-hybridized carbons (Fsp3) is 0.318. The largest absolute Gasteiger partial charge is 0.506 e. The van der Waals surface area contributed by atoms with Crippen molar-refractivity contribution in [3.63, 3.8) is 0 Å². The van der Waals surface area contributed by atoms with E-state index in [1.54, 1.807) is 22.9 Å². The van der Waals surface area contributed by atoms with E-state index in [2.05, 4.69) is 15.3 Å². The molecule has 3 aromatic rings. The number of azo groups is 1. The van der Waals surface area contributed by atoms with Crippen LogP contribution in [0.1, 0.15) is 26.5 Å². The molecule has 164 valence electrons. The summed E-state index contributed by atoms with van der Waals surface area (Å²) in [6, 6.07) is 12.1. The van der Waals surface area contributed by atoms with Gasteiger partial charge in [0.05, 0.1) is 15.5 Å². The Balaban J connectivity index is 2.10. The summed E-state index contributed by atoms with van der Waals surface area (Å²) in [6.07, 6.45) is 0. The van der Waals surface area contributed by atoms with Crippen LogP contribution in [0.5, 0.6) is 5.75 Å². The van der Waals surface area contributed by atoms with Crippen LogP contribution in [-0.2, 0) is 22.3 Å². The van der Waals surface area contributed by atoms with Gasteiger partial charge in [-0.25, -0.2) is 8.42 Å². The first kappa shape index (κ1) is 22.5. The first-order valence-electron chi connectivity index (χ1n) is 9.72. The summed E-state index contributed by atoms with van der Waals surface area (Å²) in [6.45, 7) is 6.08. The molecular weight excluding hydrogens is 414 g/mol. The molecule has 0 aliphatic rings. The van der Waals surface area contributed by atoms with Crippen molar-refractivity contribution in [2.45, 2.75) is 36.0 Å². The van der Waals surface area contributed by atoms with Crippen LogP contribution >= 0.6 is 0 Å². The molecule has 31 heavy (non-hydrogen) atoms. The summed E-state index contributed by atoms with van der Waals surface area (Å²) in [4.78, 5) is 2.08. The number of hydrogen-bond acceptors (Lipinski definition) is 7. The lowest BCUT2D eigenvalue weighted by atomic mass is 9.91. The van der Waals surface area contributed by atoms with Crippen LogP contribution in [0.2, 0.25) is 0 Å². The molecule has 0 atom stereocenters. The van der Waals surface area contributed by atoms with E-state index in [-0.39, 0.29) is 26.6 Å². The van der Waals surface area contributed by atoms with Gasteiger partial charge in [0, 0.05) is 26.6 Å². The van der Waals surface area contributed by atoms with Crippen molar-refractivity contribution >= 4 is 27.0 Å². The summed E-state index contributed by atoms with van der Waals surface area (Å²) < 4.78 is 27.6. The molecule has 0 saturated heterocycles. The third-order valence-corrected chi connectivity index (χ3v) is 6.46. The highest BCUT2D eigenvalue weighted by atomic mass is 32.2. The van der Waals surface area contributed by atoms with Crippen molar-refractivity contribution in [1.29, 1.82) is 0 Å². The van der Waals surface area contributed by atoms with E-state index in [0.717, 1.165) is 11.5 Å². The Kier molecular flexibility index (Phi) is 5.91. The number of aryl methyl sites for hydroxylation is 1. The number of nitrogens with zero attached hydrogens (tertiary/aromatic N) is 5. The third-order valence-electron chi connectivity index (χ3n) is 4.70. The zero-order valence-electron chi connectivity index (χ0n) is 18.5. The lowest BCUT2D eigenvalue weighted by Crippen LogP contribution is -2.13. The van der Waals surface area contributed by atoms with Gasteiger partial charge in [-0.3, -0.25) is 4.68 Å². The van der Waals surface area contributed by atoms with E-state index in [4.69, 9.17) is 0 Å². The maximum Gasteiger partial charge on any atom is 0.206 e. The van der Waals surface area contributed by atoms with Crippen molar-refractivity contribution in [2.75, 3.05) is 19.0 Å². The molecule has 1 N–H and O–H groups in total. The summed E-state index contributed by atoms with van der Waals surface area (Å²) in [5.74, 6) is 0.588. The second-order valence-corrected chi connectivity index (χ2v) is 10.4. The Bertz CT molecular complexity index is 1220. The fourth-order valence-electron chi connectivity index (χ4n) is 3.19. The highest BCUT2D eigenvalue weighted by molar-refractivity contribution is 7.91. The fourth-order valence-corrected chi connectivity index (χ4v) is 4.49. The van der Waals surface area contributed by atoms with Gasteiger partial charge >= 0.3 is 0 Å². The lowest BCUT2D eigenvalue weighted by Gasteiger charge is -2.16. The average Bonchev–Trinajstić information content (AvgIpc) is 3.04. The van der Waals surface area contributed by atoms with Crippen LogP contribution in [0.4, 0.5) is 17.2 Å². The van der Waals surface area contributed by atoms with Gasteiger partial charge in [0.25, 0.3) is 0 Å². The standard InChI is InChI=1S/C22H27N5O3S/c1-22(2,3)20-19(21(26(4)5)27(6)25-20)24-23-17-14-16(12-13-18(17)28)31(29,30)15-10-8-7-9-11-15/h7-14,28H,1-6H3. The summed E-state index contributed by atoms with van der Waals surface area (Å²) in [5.41, 5.74) is 1.08. The minimum absolute atomic E-state index is 0.0283. The molecule has 0 fully saturated rings. The first-order valence-corrected chi connectivity index (χ1v) is 11.2. The Morgan fingerprint density at radius 3 is 2.23 bits per heavy atom. The maximum atomic E-state index is 12.9. The average molecular weight is 442 g/mol. The molecular formula is C22H27N5O3S. The van der Waals surface area contributed by atoms with Crippen molar-refractivity contribution in [1.82, 2.24) is 9.78 Å². The number of hydrogen-bond donors (Lipinski definition) is 1. The molecule has 1 heterocycles. The van der Waals surface area contributed by atoms with Crippen LogP contribution in [0.25, 0.3) is 0 Å². The van der Waals surface area contributed by atoms with E-state index in [1.165, 1.54) is 30.3 Å². The Morgan fingerprint density at radius 1 is 1.00 bits per heavy atom. The van der Waals surface area contributed by atoms with Crippen molar-refractivity contribution < 1.29 is 13.5 Å². The van der Waals surface area contributed by atoms with Gasteiger partial charge in [0.2, 0.25) is 9.84 Å². The lowest BCUT2D eigenvalue weighted by molar-refractivity contribution is 0.476. The van der Waals surface area contributed by atoms with Crippen LogP contribution in [0.15, 0.2) is 68.6 Å². The molecule has 3 rings (SSSR count). The molecule has 0 saturated carbocycles. The highest BCUT2D eigenvalue weighted by Gasteiger charge is 2.27. The topological polar surface area (TPSA) is 100 Å². The van der Waals surface area contributed by atoms with Gasteiger partial charge in [0.1, 0.15) is 11.4 Å². The van der Waals surface area contributed by atoms with E-state index >= 15 is 0 Å². The summed E-state index contributed by atoms with van der Waals surface area (Å²) in [5, 5.41) is 23.5. The van der Waals surface area contributed by atoms with Gasteiger partial charge in [-0.2, -0.15) is 5.10 Å².